The van der Waals surface area contributed by atoms with E-state index in [4.69, 9.17) is 37.9 Å². The molecule has 6 rings (SSSR count). The number of hydrogen-bond donors (Lipinski definition) is 0. The summed E-state index contributed by atoms with van der Waals surface area (Å²) in [5.74, 6) is -4.46. The molecule has 2 fully saturated rings. The van der Waals surface area contributed by atoms with Gasteiger partial charge in [0.1, 0.15) is 12.2 Å². The molecule has 1 aromatic rings. The zero-order chi connectivity index (χ0) is 40.3. The van der Waals surface area contributed by atoms with Crippen LogP contribution in [-0.2, 0) is 64.2 Å². The molecule has 2 aliphatic carbocycles. The summed E-state index contributed by atoms with van der Waals surface area (Å²) in [6, 6.07) is 3.95. The maximum absolute atomic E-state index is 13.4. The van der Waals surface area contributed by atoms with Crippen LogP contribution in [0.5, 0.6) is 11.5 Å². The maximum atomic E-state index is 13.4. The molecule has 1 spiro atoms. The lowest BCUT2D eigenvalue weighted by Gasteiger charge is -2.57. The monoisotopic (exact) mass is 769 g/mol. The Morgan fingerprint density at radius 1 is 0.855 bits per heavy atom. The molecule has 10 atom stereocenters. The van der Waals surface area contributed by atoms with Crippen molar-refractivity contribution in [2.45, 2.75) is 130 Å². The third kappa shape index (κ3) is 7.25. The SMILES string of the molecule is COC(=O)[C@H]1O[C@@H](O[C@H]2C=C[C@H]3[C@H]4Cc5ccc(OC(=O)C(C)(C)C)c6c5[C@@]3(CCN4C)[C@H]2O6)[C@H](OC(=O)C(C)C)[C@@H](OC(=O)C(C)C)[C@@H]1OC(=O)C(C)C. The maximum Gasteiger partial charge on any atom is 0.339 e. The first-order chi connectivity index (χ1) is 25.8. The summed E-state index contributed by atoms with van der Waals surface area (Å²) in [4.78, 5) is 68.7. The van der Waals surface area contributed by atoms with E-state index < -0.39 is 101 Å². The van der Waals surface area contributed by atoms with Gasteiger partial charge in [0.05, 0.1) is 30.3 Å². The minimum absolute atomic E-state index is 0.0163. The van der Waals surface area contributed by atoms with Gasteiger partial charge in [-0.05, 0) is 58.8 Å². The molecule has 0 amide bonds. The number of carbonyl (C=O) groups excluding carboxylic acids is 5. The molecule has 0 radical (unpaired) electrons. The standard InChI is InChI=1S/C41H55NO13/c1-19(2)34(43)52-29-30(53-35(44)20(3)4)32(54-36(45)21(5)6)38(55-31(29)37(46)48-11)49-26-15-13-23-24-18-22-12-14-25(50-39(47)40(7,8)9)28-27(22)41(23,33(26)51-28)16-17-42(24)10/h12-15,19-21,23-24,26,29-33,38H,16-18H2,1-11H3/t23-,24+,26-,29-,30-,31-,32+,33-,38+,41-/m0/s1. The van der Waals surface area contributed by atoms with Crippen molar-refractivity contribution in [2.24, 2.45) is 29.1 Å². The van der Waals surface area contributed by atoms with Gasteiger partial charge in [-0.25, -0.2) is 4.79 Å². The molecule has 2 bridgehead atoms. The highest BCUT2D eigenvalue weighted by atomic mass is 16.7. The van der Waals surface area contributed by atoms with Crippen LogP contribution in [0.3, 0.4) is 0 Å². The third-order valence-electron chi connectivity index (χ3n) is 11.3. The van der Waals surface area contributed by atoms with E-state index in [1.807, 2.05) is 12.1 Å². The van der Waals surface area contributed by atoms with E-state index in [-0.39, 0.29) is 12.0 Å². The minimum atomic E-state index is -1.63. The minimum Gasteiger partial charge on any atom is -0.482 e. The van der Waals surface area contributed by atoms with E-state index in [1.54, 1.807) is 68.4 Å². The van der Waals surface area contributed by atoms with Gasteiger partial charge in [-0.1, -0.05) is 59.8 Å². The predicted octanol–water partition coefficient (Wildman–Crippen LogP) is 4.07. The zero-order valence-corrected chi connectivity index (χ0v) is 33.6. The first kappa shape index (κ1) is 40.6. The summed E-state index contributed by atoms with van der Waals surface area (Å²) in [5, 5.41) is 0. The van der Waals surface area contributed by atoms with Gasteiger partial charge in [-0.3, -0.25) is 19.2 Å². The van der Waals surface area contributed by atoms with E-state index >= 15 is 0 Å². The highest BCUT2D eigenvalue weighted by Gasteiger charge is 2.66. The highest BCUT2D eigenvalue weighted by molar-refractivity contribution is 5.80. The number of esters is 5. The van der Waals surface area contributed by atoms with Crippen LogP contribution in [0.15, 0.2) is 24.3 Å². The lowest BCUT2D eigenvalue weighted by molar-refractivity contribution is -0.314. The molecule has 0 saturated carbocycles. The predicted molar refractivity (Wildman–Crippen MR) is 195 cm³/mol. The van der Waals surface area contributed by atoms with E-state index in [1.165, 1.54) is 0 Å². The molecule has 0 aromatic heterocycles. The fourth-order valence-electron chi connectivity index (χ4n) is 8.24. The lowest BCUT2D eigenvalue weighted by atomic mass is 9.53. The Kier molecular flexibility index (Phi) is 11.2. The Bertz CT molecular complexity index is 1730. The summed E-state index contributed by atoms with van der Waals surface area (Å²) in [6.07, 6.45) is -3.82. The van der Waals surface area contributed by atoms with Gasteiger partial charge in [-0.15, -0.1) is 0 Å². The number of ether oxygens (including phenoxy) is 8. The number of nitrogens with zero attached hydrogens (tertiary/aromatic N) is 1. The quantitative estimate of drug-likeness (QED) is 0.145. The van der Waals surface area contributed by atoms with Crippen molar-refractivity contribution < 1.29 is 61.9 Å². The average Bonchev–Trinajstić information content (AvgIpc) is 3.47. The number of hydrogen-bond acceptors (Lipinski definition) is 14. The summed E-state index contributed by atoms with van der Waals surface area (Å²) in [5.41, 5.74) is 0.708. The van der Waals surface area contributed by atoms with Crippen LogP contribution in [0.1, 0.15) is 79.9 Å². The zero-order valence-electron chi connectivity index (χ0n) is 33.6. The van der Waals surface area contributed by atoms with Gasteiger partial charge >= 0.3 is 29.8 Å². The molecule has 14 heteroatoms. The van der Waals surface area contributed by atoms with E-state index in [0.29, 0.717) is 17.9 Å². The van der Waals surface area contributed by atoms with Crippen molar-refractivity contribution in [1.29, 1.82) is 0 Å². The van der Waals surface area contributed by atoms with Crippen molar-refractivity contribution >= 4 is 29.8 Å². The Morgan fingerprint density at radius 2 is 1.45 bits per heavy atom. The summed E-state index contributed by atoms with van der Waals surface area (Å²) in [7, 11) is 3.26. The number of piperidine rings is 1. The topological polar surface area (TPSA) is 162 Å². The third-order valence-corrected chi connectivity index (χ3v) is 11.3. The largest absolute Gasteiger partial charge is 0.482 e. The molecule has 3 aliphatic heterocycles. The number of methoxy groups -OCH3 is 1. The molecule has 0 N–H and O–H groups in total. The highest BCUT2D eigenvalue weighted by Crippen LogP contribution is 2.63. The molecular weight excluding hydrogens is 714 g/mol. The first-order valence-electron chi connectivity index (χ1n) is 19.2. The summed E-state index contributed by atoms with van der Waals surface area (Å²) >= 11 is 0. The molecule has 2 saturated heterocycles. The van der Waals surface area contributed by atoms with Crippen molar-refractivity contribution in [2.75, 3.05) is 20.7 Å². The van der Waals surface area contributed by atoms with Crippen molar-refractivity contribution in [3.05, 3.63) is 35.4 Å². The molecule has 3 heterocycles. The molecule has 302 valence electrons. The normalized spacial score (nSPS) is 32.1. The van der Waals surface area contributed by atoms with Gasteiger partial charge in [-0.2, -0.15) is 0 Å². The van der Waals surface area contributed by atoms with Crippen LogP contribution < -0.4 is 9.47 Å². The van der Waals surface area contributed by atoms with Crippen LogP contribution in [0, 0.1) is 29.1 Å². The Labute approximate surface area is 322 Å². The van der Waals surface area contributed by atoms with Crippen LogP contribution in [0.4, 0.5) is 0 Å². The molecule has 14 nitrogen and oxygen atoms in total. The van der Waals surface area contributed by atoms with Crippen LogP contribution >= 0.6 is 0 Å². The Balaban J connectivity index is 1.44. The number of rotatable bonds is 10. The number of benzene rings is 1. The molecule has 55 heavy (non-hydrogen) atoms. The van der Waals surface area contributed by atoms with E-state index in [0.717, 1.165) is 31.2 Å². The van der Waals surface area contributed by atoms with Crippen molar-refractivity contribution in [1.82, 2.24) is 4.90 Å². The fraction of sp³-hybridized carbons (Fsp3) is 0.683. The van der Waals surface area contributed by atoms with Crippen LogP contribution in [0.25, 0.3) is 0 Å². The van der Waals surface area contributed by atoms with Gasteiger partial charge in [0.2, 0.25) is 6.29 Å². The van der Waals surface area contributed by atoms with Gasteiger partial charge in [0.25, 0.3) is 0 Å². The molecule has 1 aromatic carbocycles. The Hall–Kier alpha value is -4.01. The van der Waals surface area contributed by atoms with Crippen LogP contribution in [0.2, 0.25) is 0 Å². The fourth-order valence-corrected chi connectivity index (χ4v) is 8.24. The second-order valence-electron chi connectivity index (χ2n) is 17.3. The molecule has 5 aliphatic rings. The lowest BCUT2D eigenvalue weighted by Crippen LogP contribution is -2.67. The number of likely N-dealkylation sites (N-methyl/N-ethyl adjacent to an activating group) is 1. The summed E-state index contributed by atoms with van der Waals surface area (Å²) < 4.78 is 48.9. The molecule has 0 unspecified atom stereocenters. The Morgan fingerprint density at radius 3 is 2.04 bits per heavy atom. The molecular formula is C41H55NO13. The number of carbonyl (C=O) groups is 5. The second kappa shape index (κ2) is 15.2. The average molecular weight is 770 g/mol. The second-order valence-corrected chi connectivity index (χ2v) is 17.3. The first-order valence-corrected chi connectivity index (χ1v) is 19.2. The van der Waals surface area contributed by atoms with Crippen LogP contribution in [-0.4, -0.2) is 104 Å². The van der Waals surface area contributed by atoms with Crippen molar-refractivity contribution in [3.63, 3.8) is 0 Å². The van der Waals surface area contributed by atoms with Gasteiger partial charge in [0, 0.05) is 22.9 Å². The van der Waals surface area contributed by atoms with Gasteiger partial charge < -0.3 is 42.8 Å². The number of likely N-dealkylation sites (tertiary alicyclic amines) is 1. The smallest absolute Gasteiger partial charge is 0.339 e. The van der Waals surface area contributed by atoms with Gasteiger partial charge in [0.15, 0.2) is 35.9 Å². The van der Waals surface area contributed by atoms with Crippen molar-refractivity contribution in [3.8, 4) is 11.5 Å². The van der Waals surface area contributed by atoms with E-state index in [2.05, 4.69) is 18.0 Å². The summed E-state index contributed by atoms with van der Waals surface area (Å²) in [6.45, 7) is 15.9. The van der Waals surface area contributed by atoms with E-state index in [9.17, 15) is 24.0 Å².